The Bertz CT molecular complexity index is 5720. The van der Waals surface area contributed by atoms with Gasteiger partial charge in [-0.2, -0.15) is 0 Å². The molecule has 0 unspecified atom stereocenters. The van der Waals surface area contributed by atoms with E-state index in [2.05, 4.69) is 312 Å². The van der Waals surface area contributed by atoms with Crippen molar-refractivity contribution in [1.82, 2.24) is 39.0 Å². The molecule has 0 atom stereocenters. The molecule has 0 aliphatic heterocycles. The van der Waals surface area contributed by atoms with Crippen LogP contribution in [-0.4, -0.2) is 39.0 Å². The summed E-state index contributed by atoms with van der Waals surface area (Å²) in [7, 11) is 0. The molecule has 8 heteroatoms. The molecule has 104 heavy (non-hydrogen) atoms. The Kier molecular flexibility index (Phi) is 15.4. The van der Waals surface area contributed by atoms with Crippen LogP contribution in [0, 0.1) is 0 Å². The molecule has 4 heterocycles. The predicted molar refractivity (Wildman–Crippen MR) is 427 cm³/mol. The second kappa shape index (κ2) is 26.2. The van der Waals surface area contributed by atoms with E-state index < -0.39 is 0 Å². The summed E-state index contributed by atoms with van der Waals surface area (Å²) >= 11 is 0. The van der Waals surface area contributed by atoms with Gasteiger partial charge in [-0.3, -0.25) is 0 Å². The van der Waals surface area contributed by atoms with Gasteiger partial charge in [0.15, 0.2) is 34.9 Å². The van der Waals surface area contributed by atoms with Gasteiger partial charge < -0.3 is 9.13 Å². The van der Waals surface area contributed by atoms with E-state index in [0.29, 0.717) is 34.9 Å². The van der Waals surface area contributed by atoms with Crippen molar-refractivity contribution in [2.24, 2.45) is 0 Å². The highest BCUT2D eigenvalue weighted by Crippen LogP contribution is 2.45. The molecule has 0 fully saturated rings. The normalized spacial score (nSPS) is 11.5. The molecule has 0 saturated heterocycles. The van der Waals surface area contributed by atoms with E-state index >= 15 is 0 Å². The van der Waals surface area contributed by atoms with Crippen LogP contribution >= 0.6 is 0 Å². The van der Waals surface area contributed by atoms with Gasteiger partial charge in [-0.15, -0.1) is 0 Å². The van der Waals surface area contributed by atoms with E-state index in [-0.39, 0.29) is 0 Å². The topological polar surface area (TPSA) is 87.2 Å². The molecule has 0 spiro atoms. The van der Waals surface area contributed by atoms with Crippen molar-refractivity contribution in [3.8, 4) is 146 Å². The number of rotatable bonds is 14. The van der Waals surface area contributed by atoms with E-state index in [1.54, 1.807) is 0 Å². The highest BCUT2D eigenvalue weighted by atomic mass is 15.1. The third-order valence-electron chi connectivity index (χ3n) is 19.8. The molecule has 0 aliphatic carbocycles. The van der Waals surface area contributed by atoms with Gasteiger partial charge >= 0.3 is 0 Å². The van der Waals surface area contributed by atoms with Crippen LogP contribution in [0.15, 0.2) is 376 Å². The Morgan fingerprint density at radius 1 is 0.144 bits per heavy atom. The van der Waals surface area contributed by atoms with Crippen molar-refractivity contribution in [3.05, 3.63) is 376 Å². The SMILES string of the molecule is c1ccc(-c2ccc3c(c2)c2cc(-c4ccccc4)ccc2n3-c2cc(-c3nc(-c4ccccc4)nc(-c4ccccc4)n3)ccc2-c2cccc(-c3ccc(-c4nc(-c5ccccc5)nc(-c5ccccc5)n4)cc3-n3c4ccc(-c5ccccc5)cc4c4cc(-c5ccccc5)ccc43)c2)cc1. The standard InChI is InChI=1S/C96H62N8/c1-9-26-63(27-10-1)71-46-52-85-81(57-71)82-58-72(64-28-11-2-12-29-64)47-53-86(82)103(85)89-61-77(95-99-91(67-34-17-5-18-35-67)97-92(100-95)68-36-19-6-20-37-68)44-50-79(89)75-42-25-43-76(56-75)80-51-45-78(96-101-93(69-38-21-7-22-39-69)98-94(102-96)70-40-23-8-24-41-70)62-90(80)104-87-54-48-73(65-30-13-3-14-31-65)59-83(87)84-60-74(49-55-88(84)104)66-32-15-4-16-33-66/h1-62H. The van der Waals surface area contributed by atoms with Gasteiger partial charge in [0.05, 0.1) is 33.4 Å². The Labute approximate surface area is 601 Å². The van der Waals surface area contributed by atoms with Crippen molar-refractivity contribution < 1.29 is 0 Å². The van der Waals surface area contributed by atoms with Crippen LogP contribution in [-0.2, 0) is 0 Å². The van der Waals surface area contributed by atoms with Crippen LogP contribution in [0.25, 0.3) is 190 Å². The Balaban J connectivity index is 0.862. The van der Waals surface area contributed by atoms with Crippen molar-refractivity contribution in [1.29, 1.82) is 0 Å². The zero-order chi connectivity index (χ0) is 68.9. The third-order valence-corrected chi connectivity index (χ3v) is 19.8. The second-order valence-electron chi connectivity index (χ2n) is 26.2. The first-order chi connectivity index (χ1) is 51.5. The summed E-state index contributed by atoms with van der Waals surface area (Å²) in [5, 5.41) is 4.54. The van der Waals surface area contributed by atoms with Gasteiger partial charge in [-0.1, -0.05) is 309 Å². The average Bonchev–Trinajstić information content (AvgIpc) is 1.65. The molecule has 0 saturated carbocycles. The average molecular weight is 1330 g/mol. The first-order valence-electron chi connectivity index (χ1n) is 35.1. The lowest BCUT2D eigenvalue weighted by Crippen LogP contribution is -2.03. The summed E-state index contributed by atoms with van der Waals surface area (Å²) in [5.41, 5.74) is 24.6. The largest absolute Gasteiger partial charge is 0.309 e. The van der Waals surface area contributed by atoms with Crippen molar-refractivity contribution in [3.63, 3.8) is 0 Å². The van der Waals surface area contributed by atoms with Crippen LogP contribution in [0.5, 0.6) is 0 Å². The molecule has 19 rings (SSSR count). The summed E-state index contributed by atoms with van der Waals surface area (Å²) in [4.78, 5) is 31.6. The molecule has 19 aromatic rings. The summed E-state index contributed by atoms with van der Waals surface area (Å²) < 4.78 is 4.90. The number of hydrogen-bond donors (Lipinski definition) is 0. The van der Waals surface area contributed by atoms with E-state index in [0.717, 1.165) is 155 Å². The Morgan fingerprint density at radius 3 is 0.606 bits per heavy atom. The zero-order valence-corrected chi connectivity index (χ0v) is 56.4. The summed E-state index contributed by atoms with van der Waals surface area (Å²) in [6.45, 7) is 0. The number of fused-ring (bicyclic) bond motifs is 6. The minimum Gasteiger partial charge on any atom is -0.309 e. The van der Waals surface area contributed by atoms with E-state index in [1.165, 1.54) is 0 Å². The van der Waals surface area contributed by atoms with Gasteiger partial charge in [0.25, 0.3) is 0 Å². The van der Waals surface area contributed by atoms with Gasteiger partial charge in [-0.05, 0) is 122 Å². The molecule has 486 valence electrons. The highest BCUT2D eigenvalue weighted by Gasteiger charge is 2.25. The van der Waals surface area contributed by atoms with Crippen LogP contribution < -0.4 is 0 Å². The minimum absolute atomic E-state index is 0.561. The lowest BCUT2D eigenvalue weighted by molar-refractivity contribution is 1.07. The molecule has 15 aromatic carbocycles. The fourth-order valence-corrected chi connectivity index (χ4v) is 14.7. The summed E-state index contributed by atoms with van der Waals surface area (Å²) in [6, 6.07) is 134. The number of benzene rings is 15. The maximum absolute atomic E-state index is 5.33. The highest BCUT2D eigenvalue weighted by molar-refractivity contribution is 6.14. The van der Waals surface area contributed by atoms with Crippen LogP contribution in [0.1, 0.15) is 0 Å². The Hall–Kier alpha value is -14.1. The molecule has 0 aliphatic rings. The molecule has 8 nitrogen and oxygen atoms in total. The van der Waals surface area contributed by atoms with Crippen molar-refractivity contribution in [2.75, 3.05) is 0 Å². The number of aromatic nitrogens is 8. The van der Waals surface area contributed by atoms with E-state index in [4.69, 9.17) is 29.9 Å². The van der Waals surface area contributed by atoms with E-state index in [9.17, 15) is 0 Å². The monoisotopic (exact) mass is 1330 g/mol. The van der Waals surface area contributed by atoms with Crippen LogP contribution in [0.2, 0.25) is 0 Å². The fraction of sp³-hybridized carbons (Fsp3) is 0. The van der Waals surface area contributed by atoms with Gasteiger partial charge in [-0.25, -0.2) is 29.9 Å². The van der Waals surface area contributed by atoms with Gasteiger partial charge in [0, 0.05) is 66.1 Å². The Morgan fingerprint density at radius 2 is 0.356 bits per heavy atom. The molecule has 0 N–H and O–H groups in total. The van der Waals surface area contributed by atoms with Gasteiger partial charge in [0.1, 0.15) is 0 Å². The second-order valence-corrected chi connectivity index (χ2v) is 26.2. The summed E-state index contributed by atoms with van der Waals surface area (Å²) in [6.07, 6.45) is 0. The minimum atomic E-state index is 0.561. The van der Waals surface area contributed by atoms with Crippen LogP contribution in [0.3, 0.4) is 0 Å². The van der Waals surface area contributed by atoms with Crippen molar-refractivity contribution in [2.45, 2.75) is 0 Å². The molecule has 4 aromatic heterocycles. The van der Waals surface area contributed by atoms with Crippen LogP contribution in [0.4, 0.5) is 0 Å². The molecule has 0 radical (unpaired) electrons. The maximum Gasteiger partial charge on any atom is 0.164 e. The zero-order valence-electron chi connectivity index (χ0n) is 56.4. The first-order valence-corrected chi connectivity index (χ1v) is 35.1. The molecular formula is C96H62N8. The molecule has 0 bridgehead atoms. The quantitative estimate of drug-likeness (QED) is 0.108. The predicted octanol–water partition coefficient (Wildman–Crippen LogP) is 24.3. The van der Waals surface area contributed by atoms with E-state index in [1.807, 2.05) is 72.8 Å². The lowest BCUT2D eigenvalue weighted by Gasteiger charge is -2.19. The maximum atomic E-state index is 5.33. The number of nitrogens with zero attached hydrogens (tertiary/aromatic N) is 8. The lowest BCUT2D eigenvalue weighted by atomic mass is 9.95. The number of hydrogen-bond acceptors (Lipinski definition) is 6. The fourth-order valence-electron chi connectivity index (χ4n) is 14.7. The van der Waals surface area contributed by atoms with Crippen molar-refractivity contribution >= 4 is 43.6 Å². The third kappa shape index (κ3) is 11.3. The first kappa shape index (κ1) is 61.0. The smallest absolute Gasteiger partial charge is 0.164 e. The van der Waals surface area contributed by atoms with Gasteiger partial charge in [0.2, 0.25) is 0 Å². The summed E-state index contributed by atoms with van der Waals surface area (Å²) in [5.74, 6) is 3.49. The molecule has 0 amide bonds. The molecular weight excluding hydrogens is 1270 g/mol.